The van der Waals surface area contributed by atoms with Crippen molar-refractivity contribution in [2.75, 3.05) is 18.0 Å². The minimum absolute atomic E-state index is 0.0108. The summed E-state index contributed by atoms with van der Waals surface area (Å²) in [6.45, 7) is 1.05. The van der Waals surface area contributed by atoms with Crippen LogP contribution in [0.3, 0.4) is 0 Å². The van der Waals surface area contributed by atoms with E-state index in [9.17, 15) is 14.4 Å². The highest BCUT2D eigenvalue weighted by molar-refractivity contribution is 6.34. The third-order valence-corrected chi connectivity index (χ3v) is 3.99. The van der Waals surface area contributed by atoms with Gasteiger partial charge in [-0.25, -0.2) is 9.59 Å². The normalized spacial score (nSPS) is 13.6. The van der Waals surface area contributed by atoms with Crippen molar-refractivity contribution in [3.8, 4) is 0 Å². The number of rotatable bonds is 5. The monoisotopic (exact) mass is 363 g/mol. The molecule has 130 valence electrons. The molecular weight excluding hydrogens is 350 g/mol. The van der Waals surface area contributed by atoms with Gasteiger partial charge in [-0.15, -0.1) is 0 Å². The molecule has 0 radical (unpaired) electrons. The molecule has 0 aliphatic carbocycles. The Balaban J connectivity index is 1.72. The zero-order valence-electron chi connectivity index (χ0n) is 12.9. The van der Waals surface area contributed by atoms with E-state index in [1.165, 1.54) is 23.1 Å². The molecule has 0 atom stereocenters. The van der Waals surface area contributed by atoms with Crippen LogP contribution < -0.4 is 15.5 Å². The van der Waals surface area contributed by atoms with Gasteiger partial charge in [0.1, 0.15) is 5.76 Å². The predicted octanol–water partition coefficient (Wildman–Crippen LogP) is 2.09. The number of hydrogen-bond donors (Lipinski definition) is 3. The van der Waals surface area contributed by atoms with E-state index in [1.807, 2.05) is 0 Å². The molecule has 3 N–H and O–H groups in total. The minimum Gasteiger partial charge on any atom is -0.475 e. The van der Waals surface area contributed by atoms with E-state index < -0.39 is 11.9 Å². The average Bonchev–Trinajstić information content (AvgIpc) is 3.22. The zero-order valence-corrected chi connectivity index (χ0v) is 13.7. The van der Waals surface area contributed by atoms with E-state index in [0.29, 0.717) is 24.5 Å². The molecule has 1 aliphatic heterocycles. The molecule has 2 heterocycles. The summed E-state index contributed by atoms with van der Waals surface area (Å²) in [7, 11) is 0. The molecule has 1 aliphatic rings. The molecule has 1 fully saturated rings. The second-order valence-corrected chi connectivity index (χ2v) is 5.71. The summed E-state index contributed by atoms with van der Waals surface area (Å²) in [5.74, 6) is -1.54. The van der Waals surface area contributed by atoms with Gasteiger partial charge in [0.15, 0.2) is 0 Å². The number of aromatic carboxylic acids is 1. The number of hydrogen-bond acceptors (Lipinski definition) is 4. The second-order valence-electron chi connectivity index (χ2n) is 5.30. The lowest BCUT2D eigenvalue weighted by Crippen LogP contribution is -2.28. The number of carbonyl (C=O) groups excluding carboxylic acids is 2. The Kier molecular flexibility index (Phi) is 4.62. The van der Waals surface area contributed by atoms with Crippen LogP contribution in [-0.2, 0) is 6.54 Å². The fraction of sp³-hybridized carbons (Fsp3) is 0.188. The smallest absolute Gasteiger partial charge is 0.371 e. The first-order valence-corrected chi connectivity index (χ1v) is 7.78. The maximum absolute atomic E-state index is 12.4. The first kappa shape index (κ1) is 16.8. The molecule has 3 rings (SSSR count). The summed E-state index contributed by atoms with van der Waals surface area (Å²) in [5.41, 5.74) is 0.777. The molecule has 0 saturated carbocycles. The maximum Gasteiger partial charge on any atom is 0.371 e. The summed E-state index contributed by atoms with van der Waals surface area (Å²) >= 11 is 6.08. The number of benzene rings is 1. The molecule has 9 heteroatoms. The molecular formula is C16H14ClN3O5. The van der Waals surface area contributed by atoms with Crippen molar-refractivity contribution in [3.63, 3.8) is 0 Å². The lowest BCUT2D eigenvalue weighted by molar-refractivity contribution is 0.0660. The number of nitrogens with one attached hydrogen (secondary N) is 2. The van der Waals surface area contributed by atoms with Crippen LogP contribution in [0.1, 0.15) is 26.7 Å². The van der Waals surface area contributed by atoms with Crippen LogP contribution in [0.5, 0.6) is 0 Å². The number of halogens is 1. The van der Waals surface area contributed by atoms with Crippen molar-refractivity contribution < 1.29 is 23.9 Å². The quantitative estimate of drug-likeness (QED) is 0.753. The molecule has 25 heavy (non-hydrogen) atoms. The first-order valence-electron chi connectivity index (χ1n) is 7.41. The van der Waals surface area contributed by atoms with Crippen molar-refractivity contribution in [2.24, 2.45) is 0 Å². The minimum atomic E-state index is -1.18. The fourth-order valence-electron chi connectivity index (χ4n) is 2.42. The highest BCUT2D eigenvalue weighted by atomic mass is 35.5. The lowest BCUT2D eigenvalue weighted by atomic mass is 10.1. The molecule has 1 aromatic heterocycles. The van der Waals surface area contributed by atoms with Crippen LogP contribution in [0, 0.1) is 0 Å². The van der Waals surface area contributed by atoms with E-state index in [-0.39, 0.29) is 28.9 Å². The largest absolute Gasteiger partial charge is 0.475 e. The van der Waals surface area contributed by atoms with Crippen LogP contribution in [0.4, 0.5) is 10.5 Å². The van der Waals surface area contributed by atoms with Crippen LogP contribution in [0.25, 0.3) is 0 Å². The predicted molar refractivity (Wildman–Crippen MR) is 89.0 cm³/mol. The van der Waals surface area contributed by atoms with Crippen molar-refractivity contribution in [1.82, 2.24) is 10.6 Å². The summed E-state index contributed by atoms with van der Waals surface area (Å²) in [5, 5.41) is 14.3. The number of carboxylic acids is 1. The van der Waals surface area contributed by atoms with Gasteiger partial charge >= 0.3 is 12.0 Å². The Morgan fingerprint density at radius 1 is 1.32 bits per heavy atom. The third kappa shape index (κ3) is 3.58. The molecule has 3 amide bonds. The van der Waals surface area contributed by atoms with Gasteiger partial charge in [0, 0.05) is 18.8 Å². The third-order valence-electron chi connectivity index (χ3n) is 3.66. The van der Waals surface area contributed by atoms with Crippen molar-refractivity contribution in [3.05, 3.63) is 52.4 Å². The topological polar surface area (TPSA) is 112 Å². The van der Waals surface area contributed by atoms with Crippen LogP contribution in [0.2, 0.25) is 5.02 Å². The number of anilines is 1. The van der Waals surface area contributed by atoms with Gasteiger partial charge in [0.05, 0.1) is 17.1 Å². The number of furan rings is 1. The van der Waals surface area contributed by atoms with Crippen molar-refractivity contribution in [1.29, 1.82) is 0 Å². The maximum atomic E-state index is 12.4. The summed E-state index contributed by atoms with van der Waals surface area (Å²) in [6, 6.07) is 7.29. The van der Waals surface area contributed by atoms with E-state index in [2.05, 4.69) is 10.6 Å². The summed E-state index contributed by atoms with van der Waals surface area (Å²) in [4.78, 5) is 36.4. The highest BCUT2D eigenvalue weighted by Gasteiger charge is 2.23. The number of carbonyl (C=O) groups is 3. The molecule has 0 bridgehead atoms. The molecule has 0 unspecified atom stereocenters. The standard InChI is InChI=1S/C16H14ClN3O5/c17-12-3-1-9(20-6-5-18-16(20)24)7-11(12)14(21)19-8-10-2-4-13(25-10)15(22)23/h1-4,7H,5-6,8H2,(H,18,24)(H,19,21)(H,22,23). The molecule has 1 aromatic carbocycles. The number of nitrogens with zero attached hydrogens (tertiary/aromatic N) is 1. The van der Waals surface area contributed by atoms with E-state index >= 15 is 0 Å². The van der Waals surface area contributed by atoms with Gasteiger partial charge in [-0.2, -0.15) is 0 Å². The first-order chi connectivity index (χ1) is 12.0. The van der Waals surface area contributed by atoms with Gasteiger partial charge in [-0.1, -0.05) is 11.6 Å². The Morgan fingerprint density at radius 2 is 2.12 bits per heavy atom. The Hall–Kier alpha value is -3.00. The Labute approximate surface area is 147 Å². The van der Waals surface area contributed by atoms with Gasteiger partial charge < -0.3 is 20.2 Å². The van der Waals surface area contributed by atoms with Gasteiger partial charge in [0.2, 0.25) is 5.76 Å². The Morgan fingerprint density at radius 3 is 2.76 bits per heavy atom. The van der Waals surface area contributed by atoms with Gasteiger partial charge in [0.25, 0.3) is 5.91 Å². The highest BCUT2D eigenvalue weighted by Crippen LogP contribution is 2.24. The molecule has 1 saturated heterocycles. The number of amides is 3. The second kappa shape index (κ2) is 6.86. The van der Waals surface area contributed by atoms with Crippen molar-refractivity contribution in [2.45, 2.75) is 6.54 Å². The Bertz CT molecular complexity index is 848. The average molecular weight is 364 g/mol. The van der Waals surface area contributed by atoms with Crippen molar-refractivity contribution >= 4 is 35.2 Å². The molecule has 0 spiro atoms. The van der Waals surface area contributed by atoms with Crippen LogP contribution in [0.15, 0.2) is 34.7 Å². The molecule has 8 nitrogen and oxygen atoms in total. The fourth-order valence-corrected chi connectivity index (χ4v) is 2.63. The van der Waals surface area contributed by atoms with E-state index in [0.717, 1.165) is 0 Å². The number of carboxylic acid groups (broad SMARTS) is 1. The summed E-state index contributed by atoms with van der Waals surface area (Å²) in [6.07, 6.45) is 0. The number of urea groups is 1. The van der Waals surface area contributed by atoms with E-state index in [1.54, 1.807) is 12.1 Å². The summed E-state index contributed by atoms with van der Waals surface area (Å²) < 4.78 is 5.07. The lowest BCUT2D eigenvalue weighted by Gasteiger charge is -2.16. The SMILES string of the molecule is O=C(O)c1ccc(CNC(=O)c2cc(N3CCNC3=O)ccc2Cl)o1. The van der Waals surface area contributed by atoms with Gasteiger partial charge in [-0.05, 0) is 30.3 Å². The van der Waals surface area contributed by atoms with Crippen LogP contribution in [-0.4, -0.2) is 36.1 Å². The van der Waals surface area contributed by atoms with Gasteiger partial charge in [-0.3, -0.25) is 9.69 Å². The zero-order chi connectivity index (χ0) is 18.0. The van der Waals surface area contributed by atoms with E-state index in [4.69, 9.17) is 21.1 Å². The van der Waals surface area contributed by atoms with Crippen LogP contribution >= 0.6 is 11.6 Å². The molecule has 2 aromatic rings.